The smallest absolute Gasteiger partial charge is 0.224 e. The summed E-state index contributed by atoms with van der Waals surface area (Å²) >= 11 is 0. The largest absolute Gasteiger partial charge is 0.550 e. The van der Waals surface area contributed by atoms with E-state index in [2.05, 4.69) is 5.32 Å². The Morgan fingerprint density at radius 3 is 2.94 bits per heavy atom. The average molecular weight is 248 g/mol. The maximum atomic E-state index is 11.7. The van der Waals surface area contributed by atoms with Gasteiger partial charge in [-0.05, 0) is 36.1 Å². The first-order chi connectivity index (χ1) is 8.60. The highest BCUT2D eigenvalue weighted by Crippen LogP contribution is 2.24. The maximum absolute atomic E-state index is 11.7. The molecule has 1 unspecified atom stereocenters. The van der Waals surface area contributed by atoms with Crippen LogP contribution in [0.15, 0.2) is 18.2 Å². The van der Waals surface area contributed by atoms with Gasteiger partial charge in [0.15, 0.2) is 0 Å². The number of methoxy groups -OCH3 is 1. The number of carbonyl (C=O) groups excluding carboxylic acids is 2. The van der Waals surface area contributed by atoms with Gasteiger partial charge in [0.1, 0.15) is 5.75 Å². The Labute approximate surface area is 105 Å². The first-order valence-electron chi connectivity index (χ1n) is 5.73. The Bertz CT molecular complexity index is 484. The third kappa shape index (κ3) is 2.61. The number of carboxylic acids is 1. The second kappa shape index (κ2) is 5.08. The van der Waals surface area contributed by atoms with Crippen LogP contribution < -0.4 is 15.2 Å². The molecule has 1 aromatic rings. The number of hydrogen-bond acceptors (Lipinski definition) is 4. The number of ether oxygens (including phenoxy) is 1. The van der Waals surface area contributed by atoms with Crippen molar-refractivity contribution >= 4 is 11.9 Å². The van der Waals surface area contributed by atoms with Gasteiger partial charge in [-0.3, -0.25) is 4.79 Å². The van der Waals surface area contributed by atoms with Gasteiger partial charge >= 0.3 is 0 Å². The molecule has 1 N–H and O–H groups in total. The quantitative estimate of drug-likeness (QED) is 0.791. The SMILES string of the molecule is COc1ccc2c(c1)CNC(=O)C(CC(=O)[O-])C2. The van der Waals surface area contributed by atoms with Crippen molar-refractivity contribution in [3.8, 4) is 5.75 Å². The number of benzene rings is 1. The van der Waals surface area contributed by atoms with E-state index in [-0.39, 0.29) is 12.3 Å². The lowest BCUT2D eigenvalue weighted by molar-refractivity contribution is -0.306. The van der Waals surface area contributed by atoms with E-state index in [4.69, 9.17) is 4.74 Å². The number of carboxylic acid groups (broad SMARTS) is 1. The van der Waals surface area contributed by atoms with E-state index in [0.29, 0.717) is 13.0 Å². The van der Waals surface area contributed by atoms with Crippen molar-refractivity contribution < 1.29 is 19.4 Å². The second-order valence-corrected chi connectivity index (χ2v) is 4.33. The summed E-state index contributed by atoms with van der Waals surface area (Å²) in [6, 6.07) is 5.54. The van der Waals surface area contributed by atoms with Gasteiger partial charge in [0.05, 0.1) is 7.11 Å². The molecule has 2 rings (SSSR count). The number of hydrogen-bond donors (Lipinski definition) is 1. The summed E-state index contributed by atoms with van der Waals surface area (Å²) in [6.07, 6.45) is 0.163. The fraction of sp³-hybridized carbons (Fsp3) is 0.385. The molecule has 1 heterocycles. The predicted molar refractivity (Wildman–Crippen MR) is 61.7 cm³/mol. The third-order valence-corrected chi connectivity index (χ3v) is 3.12. The highest BCUT2D eigenvalue weighted by molar-refractivity contribution is 5.83. The van der Waals surface area contributed by atoms with Crippen LogP contribution in [0.4, 0.5) is 0 Å². The minimum Gasteiger partial charge on any atom is -0.550 e. The summed E-state index contributed by atoms with van der Waals surface area (Å²) in [5.41, 5.74) is 1.93. The molecule has 96 valence electrons. The minimum absolute atomic E-state index is 0.241. The number of rotatable bonds is 3. The Morgan fingerprint density at radius 2 is 2.28 bits per heavy atom. The zero-order chi connectivity index (χ0) is 13.1. The summed E-state index contributed by atoms with van der Waals surface area (Å²) in [7, 11) is 1.58. The van der Waals surface area contributed by atoms with Crippen molar-refractivity contribution in [2.75, 3.05) is 7.11 Å². The van der Waals surface area contributed by atoms with Crippen molar-refractivity contribution in [1.29, 1.82) is 0 Å². The Balaban J connectivity index is 2.26. The van der Waals surface area contributed by atoms with Gasteiger partial charge in [0.2, 0.25) is 5.91 Å². The van der Waals surface area contributed by atoms with Crippen LogP contribution >= 0.6 is 0 Å². The molecule has 5 nitrogen and oxygen atoms in total. The van der Waals surface area contributed by atoms with Crippen LogP contribution in [0.5, 0.6) is 5.75 Å². The molecule has 1 amide bonds. The van der Waals surface area contributed by atoms with Crippen LogP contribution in [-0.4, -0.2) is 19.0 Å². The fourth-order valence-electron chi connectivity index (χ4n) is 2.14. The average Bonchev–Trinajstić information content (AvgIpc) is 2.49. The standard InChI is InChI=1S/C13H15NO4/c1-18-11-3-2-8-4-9(6-12(15)16)13(17)14-7-10(8)5-11/h2-3,5,9H,4,6-7H2,1H3,(H,14,17)(H,15,16)/p-1. The van der Waals surface area contributed by atoms with Crippen LogP contribution in [-0.2, 0) is 22.6 Å². The number of nitrogens with one attached hydrogen (secondary N) is 1. The summed E-state index contributed by atoms with van der Waals surface area (Å²) in [5, 5.41) is 13.3. The van der Waals surface area contributed by atoms with Crippen LogP contribution in [0.1, 0.15) is 17.5 Å². The first kappa shape index (κ1) is 12.4. The zero-order valence-corrected chi connectivity index (χ0v) is 10.1. The van der Waals surface area contributed by atoms with Gasteiger partial charge in [-0.2, -0.15) is 0 Å². The van der Waals surface area contributed by atoms with E-state index >= 15 is 0 Å². The summed E-state index contributed by atoms with van der Waals surface area (Å²) in [6.45, 7) is 0.398. The molecule has 0 aromatic heterocycles. The molecule has 0 fully saturated rings. The number of aliphatic carboxylic acids is 1. The van der Waals surface area contributed by atoms with Gasteiger partial charge < -0.3 is 20.0 Å². The summed E-state index contributed by atoms with van der Waals surface area (Å²) < 4.78 is 5.12. The zero-order valence-electron chi connectivity index (χ0n) is 10.1. The van der Waals surface area contributed by atoms with Crippen LogP contribution in [0.2, 0.25) is 0 Å². The minimum atomic E-state index is -1.20. The first-order valence-corrected chi connectivity index (χ1v) is 5.73. The number of carbonyl (C=O) groups is 2. The fourth-order valence-corrected chi connectivity index (χ4v) is 2.14. The molecule has 1 aliphatic heterocycles. The predicted octanol–water partition coefficient (Wildman–Crippen LogP) is -0.376. The topological polar surface area (TPSA) is 78.5 Å². The summed E-state index contributed by atoms with van der Waals surface area (Å²) in [4.78, 5) is 22.4. The molecule has 0 saturated carbocycles. The lowest BCUT2D eigenvalue weighted by Gasteiger charge is -2.13. The molecule has 0 radical (unpaired) electrons. The molecule has 0 bridgehead atoms. The van der Waals surface area contributed by atoms with E-state index in [9.17, 15) is 14.7 Å². The van der Waals surface area contributed by atoms with Crippen molar-refractivity contribution in [1.82, 2.24) is 5.32 Å². The van der Waals surface area contributed by atoms with Gasteiger partial charge in [0.25, 0.3) is 0 Å². The molecule has 1 atom stereocenters. The highest BCUT2D eigenvalue weighted by Gasteiger charge is 2.24. The van der Waals surface area contributed by atoms with E-state index < -0.39 is 11.9 Å². The van der Waals surface area contributed by atoms with Crippen molar-refractivity contribution in [2.45, 2.75) is 19.4 Å². The number of fused-ring (bicyclic) bond motifs is 1. The van der Waals surface area contributed by atoms with Crippen molar-refractivity contribution in [3.05, 3.63) is 29.3 Å². The molecule has 18 heavy (non-hydrogen) atoms. The molecule has 1 aliphatic rings. The van der Waals surface area contributed by atoms with Gasteiger partial charge in [-0.1, -0.05) is 6.07 Å². The van der Waals surface area contributed by atoms with E-state index in [1.165, 1.54) is 0 Å². The number of amides is 1. The van der Waals surface area contributed by atoms with E-state index in [1.807, 2.05) is 18.2 Å². The highest BCUT2D eigenvalue weighted by atomic mass is 16.5. The monoisotopic (exact) mass is 248 g/mol. The summed E-state index contributed by atoms with van der Waals surface area (Å²) in [5.74, 6) is -1.28. The molecule has 1 aromatic carbocycles. The molecule has 0 saturated heterocycles. The Kier molecular flexibility index (Phi) is 3.50. The lowest BCUT2D eigenvalue weighted by Crippen LogP contribution is -2.34. The normalized spacial score (nSPS) is 18.5. The van der Waals surface area contributed by atoms with Crippen molar-refractivity contribution in [2.24, 2.45) is 5.92 Å². The molecule has 0 aliphatic carbocycles. The Morgan fingerprint density at radius 1 is 1.50 bits per heavy atom. The maximum Gasteiger partial charge on any atom is 0.224 e. The van der Waals surface area contributed by atoms with Crippen molar-refractivity contribution in [3.63, 3.8) is 0 Å². The molecular weight excluding hydrogens is 234 g/mol. The Hall–Kier alpha value is -2.04. The van der Waals surface area contributed by atoms with Crippen LogP contribution in [0.3, 0.4) is 0 Å². The third-order valence-electron chi connectivity index (χ3n) is 3.12. The second-order valence-electron chi connectivity index (χ2n) is 4.33. The van der Waals surface area contributed by atoms with Crippen LogP contribution in [0, 0.1) is 5.92 Å². The molecule has 0 spiro atoms. The lowest BCUT2D eigenvalue weighted by atomic mass is 9.94. The van der Waals surface area contributed by atoms with Crippen LogP contribution in [0.25, 0.3) is 0 Å². The van der Waals surface area contributed by atoms with E-state index in [1.54, 1.807) is 7.11 Å². The van der Waals surface area contributed by atoms with Gasteiger partial charge in [0, 0.05) is 18.4 Å². The molecular formula is C13H14NO4-. The molecule has 5 heteroatoms. The van der Waals surface area contributed by atoms with Gasteiger partial charge in [-0.25, -0.2) is 0 Å². The van der Waals surface area contributed by atoms with Gasteiger partial charge in [-0.15, -0.1) is 0 Å². The van der Waals surface area contributed by atoms with E-state index in [0.717, 1.165) is 16.9 Å².